The average Bonchev–Trinajstić information content (AvgIpc) is 2.71. The van der Waals surface area contributed by atoms with Gasteiger partial charge in [-0.2, -0.15) is 0 Å². The highest BCUT2D eigenvalue weighted by atomic mass is 32.1. The van der Waals surface area contributed by atoms with E-state index in [1.165, 1.54) is 12.1 Å². The number of benzene rings is 2. The second-order valence-electron chi connectivity index (χ2n) is 6.87. The number of rotatable bonds is 4. The maximum absolute atomic E-state index is 13.0. The van der Waals surface area contributed by atoms with E-state index in [9.17, 15) is 14.0 Å². The minimum absolute atomic E-state index is 0.169. The summed E-state index contributed by atoms with van der Waals surface area (Å²) in [7, 11) is 1.70. The van der Waals surface area contributed by atoms with E-state index in [-0.39, 0.29) is 34.4 Å². The molecule has 1 aromatic heterocycles. The van der Waals surface area contributed by atoms with E-state index >= 15 is 0 Å². The van der Waals surface area contributed by atoms with Gasteiger partial charge < -0.3 is 14.6 Å². The van der Waals surface area contributed by atoms with Crippen molar-refractivity contribution < 1.29 is 13.9 Å². The molecule has 2 heterocycles. The first-order valence-electron chi connectivity index (χ1n) is 9.02. The Morgan fingerprint density at radius 2 is 1.83 bits per heavy atom. The van der Waals surface area contributed by atoms with Gasteiger partial charge in [0.2, 0.25) is 5.91 Å². The van der Waals surface area contributed by atoms with Gasteiger partial charge in [-0.25, -0.2) is 4.39 Å². The summed E-state index contributed by atoms with van der Waals surface area (Å²) in [6, 6.07) is 13.4. The lowest BCUT2D eigenvalue weighted by atomic mass is 9.87. The number of anilines is 1. The van der Waals surface area contributed by atoms with E-state index in [1.54, 1.807) is 35.9 Å². The van der Waals surface area contributed by atoms with Crippen LogP contribution in [0.25, 0.3) is 0 Å². The maximum Gasteiger partial charge on any atom is 0.257 e. The molecule has 1 unspecified atom stereocenters. The van der Waals surface area contributed by atoms with E-state index in [2.05, 4.69) is 10.3 Å². The number of nitrogens with zero attached hydrogens (tertiary/aromatic N) is 1. The van der Waals surface area contributed by atoms with Crippen molar-refractivity contribution in [2.75, 3.05) is 5.32 Å². The number of nitrogens with one attached hydrogen (secondary N) is 2. The second-order valence-corrected chi connectivity index (χ2v) is 7.26. The van der Waals surface area contributed by atoms with E-state index in [4.69, 9.17) is 17.0 Å². The Kier molecular flexibility index (Phi) is 5.02. The maximum atomic E-state index is 13.0. The molecule has 0 bridgehead atoms. The minimum atomic E-state index is -0.379. The molecule has 8 heteroatoms. The van der Waals surface area contributed by atoms with Crippen molar-refractivity contribution in [3.8, 4) is 5.75 Å². The molecule has 1 aliphatic heterocycles. The zero-order valence-electron chi connectivity index (χ0n) is 15.6. The van der Waals surface area contributed by atoms with Crippen LogP contribution in [0.2, 0.25) is 0 Å². The van der Waals surface area contributed by atoms with Crippen LogP contribution in [0, 0.1) is 10.6 Å². The van der Waals surface area contributed by atoms with Crippen LogP contribution in [0.15, 0.2) is 53.3 Å². The summed E-state index contributed by atoms with van der Waals surface area (Å²) in [5.74, 6) is 0.224. The Hall–Kier alpha value is -3.26. The lowest BCUT2D eigenvalue weighted by molar-refractivity contribution is -0.116. The van der Waals surface area contributed by atoms with Gasteiger partial charge in [0.1, 0.15) is 24.0 Å². The Labute approximate surface area is 171 Å². The number of carbonyl (C=O) groups excluding carboxylic acids is 1. The van der Waals surface area contributed by atoms with Gasteiger partial charge in [0, 0.05) is 19.4 Å². The molecule has 4 rings (SSSR count). The number of ether oxygens (including phenoxy) is 1. The van der Waals surface area contributed by atoms with Crippen molar-refractivity contribution in [2.45, 2.75) is 18.9 Å². The van der Waals surface area contributed by atoms with Gasteiger partial charge in [0.05, 0.1) is 5.56 Å². The summed E-state index contributed by atoms with van der Waals surface area (Å²) in [5, 5.41) is 2.75. The molecule has 1 atom stereocenters. The fraction of sp³-hybridized carbons (Fsp3) is 0.190. The molecule has 0 saturated heterocycles. The average molecular weight is 411 g/mol. The van der Waals surface area contributed by atoms with Crippen molar-refractivity contribution in [1.29, 1.82) is 0 Å². The monoisotopic (exact) mass is 411 g/mol. The standard InChI is InChI=1S/C21H18FN3O3S/c1-25-19-18(20(27)24-21(25)29)16(10-17(26)23-19)13-4-8-15(9-5-13)28-11-12-2-6-14(22)7-3-12/h2-9,16H,10-11H2,1H3,(H,23,26)(H,24,27,29). The number of halogens is 1. The quantitative estimate of drug-likeness (QED) is 0.643. The van der Waals surface area contributed by atoms with Crippen molar-refractivity contribution in [2.24, 2.45) is 7.05 Å². The van der Waals surface area contributed by atoms with E-state index in [0.29, 0.717) is 23.7 Å². The van der Waals surface area contributed by atoms with Crippen molar-refractivity contribution in [1.82, 2.24) is 9.55 Å². The van der Waals surface area contributed by atoms with E-state index < -0.39 is 0 Å². The van der Waals surface area contributed by atoms with Crippen LogP contribution >= 0.6 is 12.2 Å². The number of H-pyrrole nitrogens is 1. The number of amides is 1. The van der Waals surface area contributed by atoms with Crippen molar-refractivity contribution >= 4 is 23.9 Å². The summed E-state index contributed by atoms with van der Waals surface area (Å²) in [6.07, 6.45) is 0.169. The van der Waals surface area contributed by atoms with Crippen molar-refractivity contribution in [3.05, 3.63) is 86.2 Å². The first-order chi connectivity index (χ1) is 13.9. The molecule has 1 aliphatic rings. The third kappa shape index (κ3) is 3.84. The van der Waals surface area contributed by atoms with Gasteiger partial charge >= 0.3 is 0 Å². The number of aromatic nitrogens is 2. The van der Waals surface area contributed by atoms with Crippen LogP contribution in [-0.2, 0) is 18.4 Å². The van der Waals surface area contributed by atoms with E-state index in [0.717, 1.165) is 11.1 Å². The number of aromatic amines is 1. The third-order valence-corrected chi connectivity index (χ3v) is 5.33. The molecule has 1 amide bonds. The summed E-state index contributed by atoms with van der Waals surface area (Å²) < 4.78 is 20.6. The van der Waals surface area contributed by atoms with Crippen LogP contribution in [0.3, 0.4) is 0 Å². The van der Waals surface area contributed by atoms with Gasteiger partial charge in [0.15, 0.2) is 4.77 Å². The minimum Gasteiger partial charge on any atom is -0.489 e. The molecule has 2 aromatic carbocycles. The van der Waals surface area contributed by atoms with Gasteiger partial charge in [-0.3, -0.25) is 14.6 Å². The molecule has 0 radical (unpaired) electrons. The lowest BCUT2D eigenvalue weighted by Gasteiger charge is -2.26. The van der Waals surface area contributed by atoms with Gasteiger partial charge in [0.25, 0.3) is 5.56 Å². The van der Waals surface area contributed by atoms with Gasteiger partial charge in [-0.05, 0) is 47.6 Å². The summed E-state index contributed by atoms with van der Waals surface area (Å²) in [6.45, 7) is 0.311. The molecule has 29 heavy (non-hydrogen) atoms. The SMILES string of the molecule is Cn1c2c(c(=O)[nH]c1=S)C(c1ccc(OCc3ccc(F)cc3)cc1)CC(=O)N2. The Morgan fingerprint density at radius 1 is 1.14 bits per heavy atom. The van der Waals surface area contributed by atoms with Crippen molar-refractivity contribution in [3.63, 3.8) is 0 Å². The first kappa shape index (κ1) is 19.1. The highest BCUT2D eigenvalue weighted by Gasteiger charge is 2.31. The zero-order chi connectivity index (χ0) is 20.5. The summed E-state index contributed by atoms with van der Waals surface area (Å²) >= 11 is 5.13. The summed E-state index contributed by atoms with van der Waals surface area (Å²) in [4.78, 5) is 27.4. The van der Waals surface area contributed by atoms with Crippen LogP contribution in [-0.4, -0.2) is 15.5 Å². The predicted octanol–water partition coefficient (Wildman–Crippen LogP) is 3.64. The van der Waals surface area contributed by atoms with Crippen LogP contribution in [0.4, 0.5) is 10.2 Å². The highest BCUT2D eigenvalue weighted by Crippen LogP contribution is 2.35. The molecular weight excluding hydrogens is 393 g/mol. The topological polar surface area (TPSA) is 76.1 Å². The fourth-order valence-electron chi connectivity index (χ4n) is 3.41. The third-order valence-electron chi connectivity index (χ3n) is 4.96. The number of carbonyl (C=O) groups is 1. The van der Waals surface area contributed by atoms with E-state index in [1.807, 2.05) is 12.1 Å². The molecule has 6 nitrogen and oxygen atoms in total. The highest BCUT2D eigenvalue weighted by molar-refractivity contribution is 7.71. The first-order valence-corrected chi connectivity index (χ1v) is 9.43. The normalized spacial score (nSPS) is 15.5. The fourth-order valence-corrected chi connectivity index (χ4v) is 3.60. The predicted molar refractivity (Wildman–Crippen MR) is 109 cm³/mol. The van der Waals surface area contributed by atoms with Gasteiger partial charge in [-0.15, -0.1) is 0 Å². The van der Waals surface area contributed by atoms with Crippen LogP contribution in [0.5, 0.6) is 5.75 Å². The molecule has 148 valence electrons. The molecule has 0 spiro atoms. The summed E-state index contributed by atoms with van der Waals surface area (Å²) in [5.41, 5.74) is 1.87. The number of fused-ring (bicyclic) bond motifs is 1. The van der Waals surface area contributed by atoms with Crippen LogP contribution < -0.4 is 15.6 Å². The number of hydrogen-bond acceptors (Lipinski definition) is 4. The zero-order valence-corrected chi connectivity index (χ0v) is 16.4. The number of hydrogen-bond donors (Lipinski definition) is 2. The largest absolute Gasteiger partial charge is 0.489 e. The van der Waals surface area contributed by atoms with Crippen LogP contribution in [0.1, 0.15) is 29.0 Å². The molecule has 0 aliphatic carbocycles. The Bertz CT molecular complexity index is 1180. The molecule has 0 saturated carbocycles. The molecule has 0 fully saturated rings. The van der Waals surface area contributed by atoms with Gasteiger partial charge in [-0.1, -0.05) is 24.3 Å². The molecule has 3 aromatic rings. The second kappa shape index (κ2) is 7.63. The molecule has 2 N–H and O–H groups in total. The Morgan fingerprint density at radius 3 is 2.52 bits per heavy atom. The smallest absolute Gasteiger partial charge is 0.257 e. The molecular formula is C21H18FN3O3S. The lowest BCUT2D eigenvalue weighted by Crippen LogP contribution is -2.33. The Balaban J connectivity index is 1.59.